The van der Waals surface area contributed by atoms with Gasteiger partial charge in [0.25, 0.3) is 0 Å². The van der Waals surface area contributed by atoms with Crippen LogP contribution < -0.4 is 0 Å². The van der Waals surface area contributed by atoms with Crippen LogP contribution in [0.3, 0.4) is 0 Å². The summed E-state index contributed by atoms with van der Waals surface area (Å²) >= 11 is 0. The number of nitrogens with zero attached hydrogens (tertiary/aromatic N) is 2. The zero-order valence-corrected chi connectivity index (χ0v) is 16.6. The minimum atomic E-state index is -3.46. The first-order valence-electron chi connectivity index (χ1n) is 9.35. The van der Waals surface area contributed by atoms with Crippen molar-refractivity contribution in [1.29, 1.82) is 0 Å². The molecule has 1 aromatic carbocycles. The number of aryl methyl sites for hydroxylation is 1. The van der Waals surface area contributed by atoms with E-state index in [0.29, 0.717) is 19.5 Å². The van der Waals surface area contributed by atoms with E-state index in [-0.39, 0.29) is 30.2 Å². The van der Waals surface area contributed by atoms with Gasteiger partial charge in [-0.25, -0.2) is 8.42 Å². The van der Waals surface area contributed by atoms with Gasteiger partial charge in [-0.1, -0.05) is 25.0 Å². The third-order valence-corrected chi connectivity index (χ3v) is 6.75. The van der Waals surface area contributed by atoms with Crippen molar-refractivity contribution in [3.63, 3.8) is 0 Å². The fourth-order valence-corrected chi connectivity index (χ4v) is 4.61. The Labute approximate surface area is 161 Å². The number of hydrogen-bond donors (Lipinski definition) is 1. The number of rotatable bonds is 8. The minimum absolute atomic E-state index is 0.0781. The topological polar surface area (TPSA) is 95.0 Å². The molecule has 1 heterocycles. The zero-order valence-electron chi connectivity index (χ0n) is 15.8. The summed E-state index contributed by atoms with van der Waals surface area (Å²) in [7, 11) is -1.87. The van der Waals surface area contributed by atoms with Crippen molar-refractivity contribution in [2.45, 2.75) is 49.8 Å². The number of aliphatic carboxylic acids is 1. The molecule has 0 aliphatic carbocycles. The Bertz CT molecular complexity index is 738. The molecule has 2 rings (SSSR count). The van der Waals surface area contributed by atoms with Crippen molar-refractivity contribution in [2.24, 2.45) is 0 Å². The molecule has 0 radical (unpaired) electrons. The van der Waals surface area contributed by atoms with E-state index in [1.54, 1.807) is 35.6 Å². The fourth-order valence-electron chi connectivity index (χ4n) is 3.09. The van der Waals surface area contributed by atoms with Gasteiger partial charge in [0.15, 0.2) is 0 Å². The van der Waals surface area contributed by atoms with Gasteiger partial charge in [-0.05, 0) is 37.0 Å². The number of carboxylic acids is 1. The third-order valence-electron chi connectivity index (χ3n) is 4.84. The second kappa shape index (κ2) is 9.85. The number of carbonyl (C=O) groups excluding carboxylic acids is 1. The zero-order chi connectivity index (χ0) is 19.9. The van der Waals surface area contributed by atoms with E-state index in [1.165, 1.54) is 4.90 Å². The number of hydrogen-bond acceptors (Lipinski definition) is 4. The molecule has 1 aliphatic rings. The van der Waals surface area contributed by atoms with Crippen LogP contribution in [-0.4, -0.2) is 61.3 Å². The van der Waals surface area contributed by atoms with Crippen molar-refractivity contribution in [2.75, 3.05) is 26.7 Å². The number of amides is 1. The lowest BCUT2D eigenvalue weighted by Gasteiger charge is -2.20. The van der Waals surface area contributed by atoms with Crippen LogP contribution in [0.4, 0.5) is 0 Å². The molecule has 1 fully saturated rings. The summed E-state index contributed by atoms with van der Waals surface area (Å²) in [5, 5.41) is 8.66. The first kappa shape index (κ1) is 21.4. The van der Waals surface area contributed by atoms with Gasteiger partial charge in [0.2, 0.25) is 15.9 Å². The first-order valence-corrected chi connectivity index (χ1v) is 10.8. The molecular formula is C19H28N2O5S. The summed E-state index contributed by atoms with van der Waals surface area (Å²) in [5.41, 5.74) is 0.879. The van der Waals surface area contributed by atoms with Crippen LogP contribution in [0.5, 0.6) is 0 Å². The Morgan fingerprint density at radius 1 is 1.04 bits per heavy atom. The highest BCUT2D eigenvalue weighted by atomic mass is 32.2. The molecule has 1 aromatic rings. The van der Waals surface area contributed by atoms with E-state index >= 15 is 0 Å². The van der Waals surface area contributed by atoms with Gasteiger partial charge in [-0.2, -0.15) is 4.31 Å². The van der Waals surface area contributed by atoms with Crippen LogP contribution in [0.25, 0.3) is 0 Å². The molecule has 1 N–H and O–H groups in total. The van der Waals surface area contributed by atoms with Crippen LogP contribution in [-0.2, 0) is 26.0 Å². The Morgan fingerprint density at radius 2 is 1.63 bits per heavy atom. The van der Waals surface area contributed by atoms with Crippen LogP contribution in [0.15, 0.2) is 29.2 Å². The largest absolute Gasteiger partial charge is 0.481 e. The Balaban J connectivity index is 1.92. The maximum atomic E-state index is 12.8. The van der Waals surface area contributed by atoms with Crippen LogP contribution >= 0.6 is 0 Å². The number of carboxylic acid groups (broad SMARTS) is 1. The fraction of sp³-hybridized carbons (Fsp3) is 0.579. The molecule has 1 saturated heterocycles. The molecule has 8 heteroatoms. The summed E-state index contributed by atoms with van der Waals surface area (Å²) in [4.78, 5) is 24.3. The highest BCUT2D eigenvalue weighted by Crippen LogP contribution is 2.21. The summed E-state index contributed by atoms with van der Waals surface area (Å²) in [6.45, 7) is 1.32. The molecule has 27 heavy (non-hydrogen) atoms. The van der Waals surface area contributed by atoms with Gasteiger partial charge >= 0.3 is 5.97 Å². The van der Waals surface area contributed by atoms with E-state index in [4.69, 9.17) is 5.11 Å². The average Bonchev–Trinajstić information content (AvgIpc) is 2.94. The number of sulfonamides is 1. The predicted molar refractivity (Wildman–Crippen MR) is 102 cm³/mol. The second-order valence-electron chi connectivity index (χ2n) is 6.92. The molecule has 0 saturated carbocycles. The van der Waals surface area contributed by atoms with Gasteiger partial charge in [-0.3, -0.25) is 9.59 Å². The van der Waals surface area contributed by atoms with Gasteiger partial charge in [0.1, 0.15) is 0 Å². The quantitative estimate of drug-likeness (QED) is 0.726. The second-order valence-corrected chi connectivity index (χ2v) is 8.86. The molecule has 150 valence electrons. The Hall–Kier alpha value is -1.93. The standard InChI is InChI=1S/C19H28N2O5S/c1-20(15-12-19(23)24)18(22)11-8-16-6-9-17(10-7-16)27(25,26)21-13-4-2-3-5-14-21/h6-7,9-10H,2-5,8,11-15H2,1H3,(H,23,24). The molecular weight excluding hydrogens is 368 g/mol. The van der Waals surface area contributed by atoms with Gasteiger partial charge in [-0.15, -0.1) is 0 Å². The van der Waals surface area contributed by atoms with Crippen molar-refractivity contribution in [3.05, 3.63) is 29.8 Å². The lowest BCUT2D eigenvalue weighted by Crippen LogP contribution is -2.31. The van der Waals surface area contributed by atoms with Crippen molar-refractivity contribution >= 4 is 21.9 Å². The molecule has 1 aliphatic heterocycles. The van der Waals surface area contributed by atoms with Gasteiger partial charge in [0.05, 0.1) is 11.3 Å². The van der Waals surface area contributed by atoms with Gasteiger partial charge < -0.3 is 10.0 Å². The maximum Gasteiger partial charge on any atom is 0.305 e. The average molecular weight is 397 g/mol. The molecule has 0 unspecified atom stereocenters. The Morgan fingerprint density at radius 3 is 2.19 bits per heavy atom. The van der Waals surface area contributed by atoms with E-state index in [0.717, 1.165) is 31.2 Å². The smallest absolute Gasteiger partial charge is 0.305 e. The first-order chi connectivity index (χ1) is 12.8. The van der Waals surface area contributed by atoms with Crippen LogP contribution in [0.1, 0.15) is 44.1 Å². The highest BCUT2D eigenvalue weighted by Gasteiger charge is 2.24. The highest BCUT2D eigenvalue weighted by molar-refractivity contribution is 7.89. The summed E-state index contributed by atoms with van der Waals surface area (Å²) in [6, 6.07) is 6.70. The van der Waals surface area contributed by atoms with Gasteiger partial charge in [0, 0.05) is 33.1 Å². The van der Waals surface area contributed by atoms with Crippen molar-refractivity contribution in [1.82, 2.24) is 9.21 Å². The molecule has 7 nitrogen and oxygen atoms in total. The summed E-state index contributed by atoms with van der Waals surface area (Å²) in [5.74, 6) is -1.06. The molecule has 0 atom stereocenters. The SMILES string of the molecule is CN(CCC(=O)O)C(=O)CCc1ccc(S(=O)(=O)N2CCCCCC2)cc1. The molecule has 0 bridgehead atoms. The number of benzene rings is 1. The van der Waals surface area contributed by atoms with E-state index in [1.807, 2.05) is 0 Å². The minimum Gasteiger partial charge on any atom is -0.481 e. The molecule has 0 aromatic heterocycles. The monoisotopic (exact) mass is 396 g/mol. The Kier molecular flexibility index (Phi) is 7.79. The van der Waals surface area contributed by atoms with E-state index < -0.39 is 16.0 Å². The summed E-state index contributed by atoms with van der Waals surface area (Å²) in [6.07, 6.45) is 4.60. The lowest BCUT2D eigenvalue weighted by atomic mass is 10.1. The normalized spacial score (nSPS) is 15.9. The van der Waals surface area contributed by atoms with Crippen molar-refractivity contribution < 1.29 is 23.1 Å². The number of carbonyl (C=O) groups is 2. The van der Waals surface area contributed by atoms with Crippen LogP contribution in [0.2, 0.25) is 0 Å². The van der Waals surface area contributed by atoms with Crippen molar-refractivity contribution in [3.8, 4) is 0 Å². The summed E-state index contributed by atoms with van der Waals surface area (Å²) < 4.78 is 27.1. The lowest BCUT2D eigenvalue weighted by molar-refractivity contribution is -0.138. The maximum absolute atomic E-state index is 12.8. The third kappa shape index (κ3) is 6.32. The van der Waals surface area contributed by atoms with E-state index in [2.05, 4.69) is 0 Å². The molecule has 1 amide bonds. The van der Waals surface area contributed by atoms with E-state index in [9.17, 15) is 18.0 Å². The molecule has 0 spiro atoms. The predicted octanol–water partition coefficient (Wildman–Crippen LogP) is 2.12. The van der Waals surface area contributed by atoms with Crippen LogP contribution in [0, 0.1) is 0 Å².